The topological polar surface area (TPSA) is 64.6 Å². The summed E-state index contributed by atoms with van der Waals surface area (Å²) >= 11 is 6.44. The van der Waals surface area contributed by atoms with E-state index in [0.29, 0.717) is 8.95 Å². The Hall–Kier alpha value is 0.01000. The van der Waals surface area contributed by atoms with Crippen molar-refractivity contribution >= 4 is 41.9 Å². The SMILES string of the molecule is COC(CNS(=O)(=O)c1cc(Br)ccc1Br)OC. The predicted octanol–water partition coefficient (Wildman–Crippen LogP) is 2.11. The van der Waals surface area contributed by atoms with Gasteiger partial charge in [0.25, 0.3) is 0 Å². The standard InChI is InChI=1S/C10H13Br2NO4S/c1-16-10(17-2)6-13-18(14,15)9-5-7(11)3-4-8(9)12/h3-5,10,13H,6H2,1-2H3. The molecule has 1 rings (SSSR count). The van der Waals surface area contributed by atoms with Crippen LogP contribution in [0.15, 0.2) is 32.0 Å². The Kier molecular flexibility index (Phi) is 6.22. The van der Waals surface area contributed by atoms with Crippen LogP contribution in [-0.4, -0.2) is 35.5 Å². The fourth-order valence-electron chi connectivity index (χ4n) is 1.20. The van der Waals surface area contributed by atoms with Crippen LogP contribution in [0.3, 0.4) is 0 Å². The van der Waals surface area contributed by atoms with Crippen LogP contribution >= 0.6 is 31.9 Å². The average Bonchev–Trinajstić information content (AvgIpc) is 2.33. The molecule has 0 bridgehead atoms. The van der Waals surface area contributed by atoms with Gasteiger partial charge in [0.15, 0.2) is 6.29 Å². The van der Waals surface area contributed by atoms with Crippen molar-refractivity contribution in [2.75, 3.05) is 20.8 Å². The molecule has 0 aliphatic carbocycles. The van der Waals surface area contributed by atoms with Gasteiger partial charge in [-0.15, -0.1) is 0 Å². The van der Waals surface area contributed by atoms with Gasteiger partial charge >= 0.3 is 0 Å². The van der Waals surface area contributed by atoms with Crippen molar-refractivity contribution < 1.29 is 17.9 Å². The molecule has 0 amide bonds. The molecule has 0 saturated carbocycles. The maximum Gasteiger partial charge on any atom is 0.241 e. The number of hydrogen-bond acceptors (Lipinski definition) is 4. The van der Waals surface area contributed by atoms with Gasteiger partial charge in [-0.1, -0.05) is 15.9 Å². The Labute approximate surface area is 123 Å². The molecular formula is C10H13Br2NO4S. The van der Waals surface area contributed by atoms with E-state index >= 15 is 0 Å². The number of ether oxygens (including phenoxy) is 2. The first-order valence-electron chi connectivity index (χ1n) is 4.91. The first kappa shape index (κ1) is 16.1. The Balaban J connectivity index is 2.89. The molecule has 0 atom stereocenters. The van der Waals surface area contributed by atoms with Crippen LogP contribution in [0, 0.1) is 0 Å². The van der Waals surface area contributed by atoms with Crippen LogP contribution in [0.5, 0.6) is 0 Å². The number of benzene rings is 1. The molecule has 1 N–H and O–H groups in total. The molecular weight excluding hydrogens is 390 g/mol. The minimum Gasteiger partial charge on any atom is -0.355 e. The highest BCUT2D eigenvalue weighted by Gasteiger charge is 2.19. The molecule has 0 spiro atoms. The van der Waals surface area contributed by atoms with Gasteiger partial charge < -0.3 is 9.47 Å². The first-order valence-corrected chi connectivity index (χ1v) is 7.98. The summed E-state index contributed by atoms with van der Waals surface area (Å²) in [6, 6.07) is 4.92. The van der Waals surface area contributed by atoms with Crippen molar-refractivity contribution in [1.82, 2.24) is 4.72 Å². The monoisotopic (exact) mass is 401 g/mol. The van der Waals surface area contributed by atoms with E-state index in [2.05, 4.69) is 36.6 Å². The second-order valence-corrected chi connectivity index (χ2v) is 6.83. The lowest BCUT2D eigenvalue weighted by Crippen LogP contribution is -2.34. The van der Waals surface area contributed by atoms with E-state index in [-0.39, 0.29) is 11.4 Å². The molecule has 1 aromatic carbocycles. The molecule has 102 valence electrons. The molecule has 0 heterocycles. The maximum absolute atomic E-state index is 12.1. The van der Waals surface area contributed by atoms with Gasteiger partial charge in [-0.2, -0.15) is 0 Å². The summed E-state index contributed by atoms with van der Waals surface area (Å²) in [7, 11) is -0.732. The van der Waals surface area contributed by atoms with Gasteiger partial charge in [0.2, 0.25) is 10.0 Å². The summed E-state index contributed by atoms with van der Waals surface area (Å²) in [6.45, 7) is 0.0360. The summed E-state index contributed by atoms with van der Waals surface area (Å²) in [5, 5.41) is 0. The second-order valence-electron chi connectivity index (χ2n) is 3.33. The van der Waals surface area contributed by atoms with Crippen LogP contribution < -0.4 is 4.72 Å². The molecule has 0 aromatic heterocycles. The van der Waals surface area contributed by atoms with Crippen molar-refractivity contribution in [3.05, 3.63) is 27.1 Å². The molecule has 1 aromatic rings. The van der Waals surface area contributed by atoms with Crippen LogP contribution in [-0.2, 0) is 19.5 Å². The zero-order valence-electron chi connectivity index (χ0n) is 9.81. The van der Waals surface area contributed by atoms with Crippen molar-refractivity contribution in [3.63, 3.8) is 0 Å². The van der Waals surface area contributed by atoms with Gasteiger partial charge in [-0.25, -0.2) is 13.1 Å². The van der Waals surface area contributed by atoms with Crippen LogP contribution in [0.2, 0.25) is 0 Å². The summed E-state index contributed by atoms with van der Waals surface area (Å²) in [4.78, 5) is 0.155. The zero-order valence-corrected chi connectivity index (χ0v) is 13.8. The number of rotatable bonds is 6. The van der Waals surface area contributed by atoms with Gasteiger partial charge in [-0.3, -0.25) is 0 Å². The number of hydrogen-bond donors (Lipinski definition) is 1. The van der Waals surface area contributed by atoms with E-state index in [1.165, 1.54) is 20.3 Å². The van der Waals surface area contributed by atoms with Crippen LogP contribution in [0.4, 0.5) is 0 Å². The van der Waals surface area contributed by atoms with Crippen LogP contribution in [0.25, 0.3) is 0 Å². The number of methoxy groups -OCH3 is 2. The summed E-state index contributed by atoms with van der Waals surface area (Å²) in [5.74, 6) is 0. The number of nitrogens with one attached hydrogen (secondary N) is 1. The largest absolute Gasteiger partial charge is 0.355 e. The van der Waals surface area contributed by atoms with E-state index < -0.39 is 16.3 Å². The highest BCUT2D eigenvalue weighted by atomic mass is 79.9. The Morgan fingerprint density at radius 1 is 1.28 bits per heavy atom. The fraction of sp³-hybridized carbons (Fsp3) is 0.400. The van der Waals surface area contributed by atoms with Gasteiger partial charge in [0.1, 0.15) is 0 Å². The van der Waals surface area contributed by atoms with Crippen LogP contribution in [0.1, 0.15) is 0 Å². The Morgan fingerprint density at radius 3 is 2.44 bits per heavy atom. The van der Waals surface area contributed by atoms with Crippen molar-refractivity contribution in [3.8, 4) is 0 Å². The minimum atomic E-state index is -3.62. The zero-order chi connectivity index (χ0) is 13.8. The fourth-order valence-corrected chi connectivity index (χ4v) is 3.72. The van der Waals surface area contributed by atoms with Crippen molar-refractivity contribution in [2.24, 2.45) is 0 Å². The minimum absolute atomic E-state index is 0.0360. The molecule has 0 radical (unpaired) electrons. The number of sulfonamides is 1. The molecule has 0 saturated heterocycles. The molecule has 8 heteroatoms. The summed E-state index contributed by atoms with van der Waals surface area (Å²) in [6.07, 6.45) is -0.620. The lowest BCUT2D eigenvalue weighted by molar-refractivity contribution is -0.0960. The van der Waals surface area contributed by atoms with Crippen molar-refractivity contribution in [2.45, 2.75) is 11.2 Å². The lowest BCUT2D eigenvalue weighted by Gasteiger charge is -2.15. The van der Waals surface area contributed by atoms with E-state index in [9.17, 15) is 8.42 Å². The first-order chi connectivity index (χ1) is 8.40. The molecule has 0 fully saturated rings. The molecule has 0 aliphatic rings. The summed E-state index contributed by atoms with van der Waals surface area (Å²) in [5.41, 5.74) is 0. The predicted molar refractivity (Wildman–Crippen MR) is 74.8 cm³/mol. The smallest absolute Gasteiger partial charge is 0.241 e. The van der Waals surface area contributed by atoms with Gasteiger partial charge in [0.05, 0.1) is 11.4 Å². The number of halogens is 2. The third kappa shape index (κ3) is 4.29. The third-order valence-electron chi connectivity index (χ3n) is 2.15. The average molecular weight is 403 g/mol. The highest BCUT2D eigenvalue weighted by molar-refractivity contribution is 9.11. The third-order valence-corrected chi connectivity index (χ3v) is 5.06. The molecule has 0 aliphatic heterocycles. The van der Waals surface area contributed by atoms with E-state index in [4.69, 9.17) is 9.47 Å². The van der Waals surface area contributed by atoms with E-state index in [0.717, 1.165) is 0 Å². The van der Waals surface area contributed by atoms with Gasteiger partial charge in [-0.05, 0) is 34.1 Å². The Morgan fingerprint density at radius 2 is 1.89 bits per heavy atom. The highest BCUT2D eigenvalue weighted by Crippen LogP contribution is 2.25. The van der Waals surface area contributed by atoms with E-state index in [1.807, 2.05) is 0 Å². The van der Waals surface area contributed by atoms with E-state index in [1.54, 1.807) is 12.1 Å². The van der Waals surface area contributed by atoms with Gasteiger partial charge in [0, 0.05) is 23.2 Å². The molecule has 0 unspecified atom stereocenters. The second kappa shape index (κ2) is 6.97. The summed E-state index contributed by atoms with van der Waals surface area (Å²) < 4.78 is 37.6. The molecule has 5 nitrogen and oxygen atoms in total. The normalized spacial score (nSPS) is 12.1. The maximum atomic E-state index is 12.1. The molecule has 18 heavy (non-hydrogen) atoms. The van der Waals surface area contributed by atoms with Crippen molar-refractivity contribution in [1.29, 1.82) is 0 Å². The quantitative estimate of drug-likeness (QED) is 0.740. The Bertz CT molecular complexity index is 503. The lowest BCUT2D eigenvalue weighted by atomic mass is 10.4.